The fraction of sp³-hybridized carbons (Fsp3) is 0.211. The van der Waals surface area contributed by atoms with Gasteiger partial charge in [0.2, 0.25) is 5.91 Å². The molecule has 0 saturated carbocycles. The second-order valence-electron chi connectivity index (χ2n) is 5.61. The topological polar surface area (TPSA) is 87.3 Å². The van der Waals surface area contributed by atoms with Crippen LogP contribution in [0.3, 0.4) is 0 Å². The average Bonchev–Trinajstić information content (AvgIpc) is 2.64. The molecule has 0 atom stereocenters. The predicted octanol–water partition coefficient (Wildman–Crippen LogP) is 1.92. The lowest BCUT2D eigenvalue weighted by Crippen LogP contribution is -2.40. The lowest BCUT2D eigenvalue weighted by atomic mass is 10.1. The van der Waals surface area contributed by atoms with Crippen molar-refractivity contribution < 1.29 is 14.4 Å². The molecule has 3 amide bonds. The SMILES string of the molecule is Cc1ccccc1C(=O)NCC(=O)NCCNC(=O)c1ccc(Cl)cc1. The zero-order chi connectivity index (χ0) is 18.9. The van der Waals surface area contributed by atoms with Crippen LogP contribution in [0.2, 0.25) is 5.02 Å². The van der Waals surface area contributed by atoms with E-state index in [-0.39, 0.29) is 37.4 Å². The molecule has 3 N–H and O–H groups in total. The summed E-state index contributed by atoms with van der Waals surface area (Å²) in [4.78, 5) is 35.7. The van der Waals surface area contributed by atoms with Gasteiger partial charge in [-0.05, 0) is 42.8 Å². The van der Waals surface area contributed by atoms with Crippen molar-refractivity contribution in [3.63, 3.8) is 0 Å². The van der Waals surface area contributed by atoms with E-state index in [1.54, 1.807) is 36.4 Å². The number of nitrogens with one attached hydrogen (secondary N) is 3. The Labute approximate surface area is 156 Å². The van der Waals surface area contributed by atoms with E-state index in [0.717, 1.165) is 5.56 Å². The fourth-order valence-corrected chi connectivity index (χ4v) is 2.35. The molecular weight excluding hydrogens is 354 g/mol. The van der Waals surface area contributed by atoms with Gasteiger partial charge in [-0.1, -0.05) is 29.8 Å². The van der Waals surface area contributed by atoms with Crippen LogP contribution in [0.5, 0.6) is 0 Å². The summed E-state index contributed by atoms with van der Waals surface area (Å²) in [5.41, 5.74) is 1.87. The first-order valence-corrected chi connectivity index (χ1v) is 8.49. The second kappa shape index (κ2) is 9.58. The normalized spacial score (nSPS) is 10.1. The monoisotopic (exact) mass is 373 g/mol. The Balaban J connectivity index is 1.66. The zero-order valence-corrected chi connectivity index (χ0v) is 15.1. The number of benzene rings is 2. The van der Waals surface area contributed by atoms with Crippen LogP contribution in [0.25, 0.3) is 0 Å². The van der Waals surface area contributed by atoms with Crippen LogP contribution in [0, 0.1) is 6.92 Å². The van der Waals surface area contributed by atoms with E-state index in [1.807, 2.05) is 19.1 Å². The van der Waals surface area contributed by atoms with Gasteiger partial charge >= 0.3 is 0 Å². The summed E-state index contributed by atoms with van der Waals surface area (Å²) in [6.07, 6.45) is 0. The molecule has 0 spiro atoms. The van der Waals surface area contributed by atoms with Crippen LogP contribution in [0.15, 0.2) is 48.5 Å². The molecule has 0 aromatic heterocycles. The maximum Gasteiger partial charge on any atom is 0.251 e. The van der Waals surface area contributed by atoms with Gasteiger partial charge in [-0.2, -0.15) is 0 Å². The molecule has 2 rings (SSSR count). The third-order valence-corrected chi connectivity index (χ3v) is 3.89. The first-order chi connectivity index (χ1) is 12.5. The maximum absolute atomic E-state index is 12.0. The quantitative estimate of drug-likeness (QED) is 0.648. The Hall–Kier alpha value is -2.86. The van der Waals surface area contributed by atoms with Gasteiger partial charge in [-0.15, -0.1) is 0 Å². The maximum atomic E-state index is 12.0. The molecule has 0 aliphatic carbocycles. The predicted molar refractivity (Wildman–Crippen MR) is 100 cm³/mol. The molecule has 0 unspecified atom stereocenters. The highest BCUT2D eigenvalue weighted by Gasteiger charge is 2.10. The first-order valence-electron chi connectivity index (χ1n) is 8.11. The minimum absolute atomic E-state index is 0.127. The number of carbonyl (C=O) groups is 3. The van der Waals surface area contributed by atoms with Crippen LogP contribution in [-0.4, -0.2) is 37.4 Å². The smallest absolute Gasteiger partial charge is 0.251 e. The molecule has 0 radical (unpaired) electrons. The zero-order valence-electron chi connectivity index (χ0n) is 14.3. The molecule has 6 nitrogen and oxygen atoms in total. The van der Waals surface area contributed by atoms with Gasteiger partial charge in [0.05, 0.1) is 6.54 Å². The van der Waals surface area contributed by atoms with Crippen LogP contribution in [0.4, 0.5) is 0 Å². The Kier molecular flexibility index (Phi) is 7.17. The molecule has 7 heteroatoms. The van der Waals surface area contributed by atoms with Crippen molar-refractivity contribution in [1.29, 1.82) is 0 Å². The molecule has 0 aliphatic heterocycles. The molecular formula is C19H20ClN3O3. The minimum atomic E-state index is -0.326. The van der Waals surface area contributed by atoms with Crippen molar-refractivity contribution in [2.45, 2.75) is 6.92 Å². The Morgan fingerprint density at radius 3 is 2.19 bits per heavy atom. The van der Waals surface area contributed by atoms with Crippen molar-refractivity contribution in [3.05, 3.63) is 70.2 Å². The number of rotatable bonds is 7. The van der Waals surface area contributed by atoms with Crippen molar-refractivity contribution in [3.8, 4) is 0 Å². The van der Waals surface area contributed by atoms with Gasteiger partial charge in [-0.25, -0.2) is 0 Å². The molecule has 26 heavy (non-hydrogen) atoms. The third kappa shape index (κ3) is 5.89. The van der Waals surface area contributed by atoms with Gasteiger partial charge < -0.3 is 16.0 Å². The lowest BCUT2D eigenvalue weighted by Gasteiger charge is -2.09. The van der Waals surface area contributed by atoms with E-state index >= 15 is 0 Å². The summed E-state index contributed by atoms with van der Waals surface area (Å²) in [6, 6.07) is 13.7. The first kappa shape index (κ1) is 19.5. The number of amides is 3. The number of carbonyl (C=O) groups excluding carboxylic acids is 3. The third-order valence-electron chi connectivity index (χ3n) is 3.64. The van der Waals surface area contributed by atoms with E-state index < -0.39 is 0 Å². The second-order valence-corrected chi connectivity index (χ2v) is 6.05. The van der Waals surface area contributed by atoms with Crippen LogP contribution >= 0.6 is 11.6 Å². The molecule has 2 aromatic carbocycles. The number of hydrogen-bond donors (Lipinski definition) is 3. The Morgan fingerprint density at radius 2 is 1.50 bits per heavy atom. The lowest BCUT2D eigenvalue weighted by molar-refractivity contribution is -0.120. The highest BCUT2D eigenvalue weighted by atomic mass is 35.5. The summed E-state index contributed by atoms with van der Waals surface area (Å²) in [6.45, 7) is 2.24. The summed E-state index contributed by atoms with van der Waals surface area (Å²) in [5, 5.41) is 8.44. The summed E-state index contributed by atoms with van der Waals surface area (Å²) < 4.78 is 0. The highest BCUT2D eigenvalue weighted by Crippen LogP contribution is 2.09. The standard InChI is InChI=1S/C19H20ClN3O3/c1-13-4-2-3-5-16(13)19(26)23-12-17(24)21-10-11-22-18(25)14-6-8-15(20)9-7-14/h2-9H,10-12H2,1H3,(H,21,24)(H,22,25)(H,23,26). The van der Waals surface area contributed by atoms with E-state index in [1.165, 1.54) is 0 Å². The van der Waals surface area contributed by atoms with E-state index in [9.17, 15) is 14.4 Å². The number of hydrogen-bond acceptors (Lipinski definition) is 3. The average molecular weight is 374 g/mol. The van der Waals surface area contributed by atoms with Crippen LogP contribution in [0.1, 0.15) is 26.3 Å². The molecule has 0 saturated heterocycles. The van der Waals surface area contributed by atoms with Crippen molar-refractivity contribution in [2.75, 3.05) is 19.6 Å². The molecule has 0 fully saturated rings. The summed E-state index contributed by atoms with van der Waals surface area (Å²) in [7, 11) is 0. The van der Waals surface area contributed by atoms with Crippen molar-refractivity contribution >= 4 is 29.3 Å². The van der Waals surface area contributed by atoms with Crippen LogP contribution < -0.4 is 16.0 Å². The summed E-state index contributed by atoms with van der Waals surface area (Å²) >= 11 is 5.77. The van der Waals surface area contributed by atoms with Gasteiger partial charge in [0.1, 0.15) is 0 Å². The van der Waals surface area contributed by atoms with E-state index in [0.29, 0.717) is 16.1 Å². The number of halogens is 1. The largest absolute Gasteiger partial charge is 0.353 e. The minimum Gasteiger partial charge on any atom is -0.353 e. The van der Waals surface area contributed by atoms with E-state index in [4.69, 9.17) is 11.6 Å². The molecule has 136 valence electrons. The van der Waals surface area contributed by atoms with Crippen molar-refractivity contribution in [2.24, 2.45) is 0 Å². The molecule has 2 aromatic rings. The Bertz CT molecular complexity index is 791. The van der Waals surface area contributed by atoms with Gasteiger partial charge in [-0.3, -0.25) is 14.4 Å². The molecule has 0 heterocycles. The Morgan fingerprint density at radius 1 is 0.846 bits per heavy atom. The van der Waals surface area contributed by atoms with Crippen molar-refractivity contribution in [1.82, 2.24) is 16.0 Å². The number of aryl methyl sites for hydroxylation is 1. The van der Waals surface area contributed by atoms with Gasteiger partial charge in [0, 0.05) is 29.2 Å². The van der Waals surface area contributed by atoms with Gasteiger partial charge in [0.15, 0.2) is 0 Å². The van der Waals surface area contributed by atoms with Crippen LogP contribution in [-0.2, 0) is 4.79 Å². The molecule has 0 aliphatic rings. The van der Waals surface area contributed by atoms with E-state index in [2.05, 4.69) is 16.0 Å². The fourth-order valence-electron chi connectivity index (χ4n) is 2.23. The molecule has 0 bridgehead atoms. The van der Waals surface area contributed by atoms with Gasteiger partial charge in [0.25, 0.3) is 11.8 Å². The summed E-state index contributed by atoms with van der Waals surface area (Å²) in [5.74, 6) is -0.870. The highest BCUT2D eigenvalue weighted by molar-refractivity contribution is 6.30.